The van der Waals surface area contributed by atoms with E-state index in [0.29, 0.717) is 47.6 Å². The molecule has 1 saturated heterocycles. The van der Waals surface area contributed by atoms with Crippen molar-refractivity contribution in [1.29, 1.82) is 0 Å². The summed E-state index contributed by atoms with van der Waals surface area (Å²) in [6.45, 7) is 15.4. The number of amides is 2. The van der Waals surface area contributed by atoms with Gasteiger partial charge in [0.05, 0.1) is 32.3 Å². The summed E-state index contributed by atoms with van der Waals surface area (Å²) in [5.41, 5.74) is -0.461. The second-order valence-corrected chi connectivity index (χ2v) is 15.6. The number of carbonyl (C=O) groups is 2. The standard InChI is InChI=1S/C31H39BrClN5O6S/c1-8-45(42)26-10-9-21(33)16-25(26)38(29(41)44-31(5,6)7)37-19-34-24-15-20(23(32)17-22(24)27(37)39)18-35-11-13-36(14-12-35)28(40)43-30(2,3)4/h9-10,15-17,19H,8,11-14,18H2,1-7H3. The van der Waals surface area contributed by atoms with Crippen LogP contribution < -0.4 is 10.6 Å². The number of anilines is 1. The minimum absolute atomic E-state index is 0.154. The largest absolute Gasteiger partial charge is 0.444 e. The van der Waals surface area contributed by atoms with Crippen LogP contribution in [0.5, 0.6) is 0 Å². The maximum Gasteiger partial charge on any atom is 0.434 e. The first-order valence-electron chi connectivity index (χ1n) is 14.6. The van der Waals surface area contributed by atoms with Crippen molar-refractivity contribution in [2.75, 3.05) is 36.9 Å². The van der Waals surface area contributed by atoms with Gasteiger partial charge in [-0.2, -0.15) is 9.69 Å². The number of benzene rings is 2. The first kappa shape index (κ1) is 34.9. The van der Waals surface area contributed by atoms with Crippen LogP contribution in [0.2, 0.25) is 5.02 Å². The molecule has 0 aliphatic carbocycles. The molecule has 1 fully saturated rings. The molecule has 1 unspecified atom stereocenters. The van der Waals surface area contributed by atoms with E-state index in [9.17, 15) is 18.6 Å². The quantitative estimate of drug-likeness (QED) is 0.296. The molecule has 0 radical (unpaired) electrons. The normalized spacial score (nSPS) is 15.2. The Morgan fingerprint density at radius 1 is 1.02 bits per heavy atom. The molecule has 4 rings (SSSR count). The number of hydrogen-bond donors (Lipinski definition) is 0. The molecule has 2 heterocycles. The van der Waals surface area contributed by atoms with Gasteiger partial charge in [-0.05, 0) is 77.4 Å². The summed E-state index contributed by atoms with van der Waals surface area (Å²) in [6.07, 6.45) is 0.0789. The summed E-state index contributed by atoms with van der Waals surface area (Å²) in [4.78, 5) is 48.9. The molecule has 1 aromatic heterocycles. The van der Waals surface area contributed by atoms with Crippen LogP contribution in [0.15, 0.2) is 50.8 Å². The van der Waals surface area contributed by atoms with E-state index in [1.165, 1.54) is 12.4 Å². The van der Waals surface area contributed by atoms with Crippen LogP contribution in [0.25, 0.3) is 10.9 Å². The molecule has 1 aliphatic heterocycles. The summed E-state index contributed by atoms with van der Waals surface area (Å²) in [5, 5.41) is 1.58. The van der Waals surface area contributed by atoms with Gasteiger partial charge in [0.25, 0.3) is 5.56 Å². The average Bonchev–Trinajstić information content (AvgIpc) is 2.93. The first-order chi connectivity index (χ1) is 21.0. The van der Waals surface area contributed by atoms with Gasteiger partial charge in [0, 0.05) is 48.0 Å². The van der Waals surface area contributed by atoms with Gasteiger partial charge in [-0.3, -0.25) is 13.9 Å². The zero-order valence-electron chi connectivity index (χ0n) is 26.6. The van der Waals surface area contributed by atoms with E-state index < -0.39 is 33.7 Å². The van der Waals surface area contributed by atoms with E-state index in [1.54, 1.807) is 50.8 Å². The zero-order valence-corrected chi connectivity index (χ0v) is 29.7. The van der Waals surface area contributed by atoms with E-state index in [4.69, 9.17) is 21.1 Å². The summed E-state index contributed by atoms with van der Waals surface area (Å²) >= 11 is 9.94. The van der Waals surface area contributed by atoms with E-state index in [1.807, 2.05) is 26.8 Å². The molecule has 45 heavy (non-hydrogen) atoms. The van der Waals surface area contributed by atoms with Gasteiger partial charge in [-0.25, -0.2) is 14.6 Å². The summed E-state index contributed by atoms with van der Waals surface area (Å²) < 4.78 is 25.9. The van der Waals surface area contributed by atoms with Crippen molar-refractivity contribution in [3.8, 4) is 0 Å². The van der Waals surface area contributed by atoms with Crippen molar-refractivity contribution in [2.45, 2.75) is 71.1 Å². The van der Waals surface area contributed by atoms with E-state index in [-0.39, 0.29) is 27.9 Å². The SMILES string of the molecule is CCS(=O)c1ccc(Cl)cc1N(C(=O)OC(C)(C)C)n1cnc2cc(CN3CCN(C(=O)OC(C)(C)C)CC3)c(Br)cc2c1=O. The third kappa shape index (κ3) is 8.63. The van der Waals surface area contributed by atoms with Gasteiger partial charge in [0.2, 0.25) is 0 Å². The van der Waals surface area contributed by atoms with Gasteiger partial charge in [0.15, 0.2) is 0 Å². The van der Waals surface area contributed by atoms with E-state index in [2.05, 4.69) is 25.8 Å². The lowest BCUT2D eigenvalue weighted by Crippen LogP contribution is -2.49. The van der Waals surface area contributed by atoms with Gasteiger partial charge in [0.1, 0.15) is 17.5 Å². The summed E-state index contributed by atoms with van der Waals surface area (Å²) in [6, 6.07) is 8.15. The number of aromatic nitrogens is 2. The highest BCUT2D eigenvalue weighted by molar-refractivity contribution is 9.10. The molecule has 11 nitrogen and oxygen atoms in total. The Bertz CT molecular complexity index is 1680. The molecule has 1 aliphatic rings. The second kappa shape index (κ2) is 13.8. The molecule has 0 N–H and O–H groups in total. The predicted molar refractivity (Wildman–Crippen MR) is 179 cm³/mol. The number of carbonyl (C=O) groups excluding carboxylic acids is 2. The predicted octanol–water partition coefficient (Wildman–Crippen LogP) is 6.20. The molecule has 0 bridgehead atoms. The Hall–Kier alpha value is -3.00. The number of piperazine rings is 1. The third-order valence-corrected chi connectivity index (χ3v) is 9.10. The number of fused-ring (bicyclic) bond motifs is 1. The monoisotopic (exact) mass is 723 g/mol. The molecule has 2 amide bonds. The number of rotatable bonds is 6. The molecule has 14 heteroatoms. The number of hydrogen-bond acceptors (Lipinski definition) is 8. The molecular weight excluding hydrogens is 686 g/mol. The van der Waals surface area contributed by atoms with Crippen molar-refractivity contribution in [2.24, 2.45) is 0 Å². The fourth-order valence-corrected chi connectivity index (χ4v) is 6.25. The lowest BCUT2D eigenvalue weighted by Gasteiger charge is -2.35. The fraction of sp³-hybridized carbons (Fsp3) is 0.484. The topological polar surface area (TPSA) is 114 Å². The van der Waals surface area contributed by atoms with Crippen LogP contribution in [-0.4, -0.2) is 79.0 Å². The second-order valence-electron chi connectivity index (χ2n) is 12.6. The molecular formula is C31H39BrClN5O6S. The minimum Gasteiger partial charge on any atom is -0.444 e. The Kier molecular flexibility index (Phi) is 10.7. The summed E-state index contributed by atoms with van der Waals surface area (Å²) in [5.74, 6) is 0.285. The van der Waals surface area contributed by atoms with Crippen molar-refractivity contribution in [3.63, 3.8) is 0 Å². The maximum absolute atomic E-state index is 14.0. The smallest absolute Gasteiger partial charge is 0.434 e. The van der Waals surface area contributed by atoms with Crippen molar-refractivity contribution in [3.05, 3.63) is 62.1 Å². The van der Waals surface area contributed by atoms with Gasteiger partial charge >= 0.3 is 12.2 Å². The molecule has 244 valence electrons. The Morgan fingerprint density at radius 2 is 1.67 bits per heavy atom. The molecule has 0 spiro atoms. The van der Waals surface area contributed by atoms with Crippen molar-refractivity contribution >= 4 is 67.1 Å². The van der Waals surface area contributed by atoms with Gasteiger partial charge in [-0.1, -0.05) is 34.5 Å². The van der Waals surface area contributed by atoms with Crippen LogP contribution >= 0.6 is 27.5 Å². The highest BCUT2D eigenvalue weighted by Gasteiger charge is 2.30. The minimum atomic E-state index is -1.48. The summed E-state index contributed by atoms with van der Waals surface area (Å²) in [7, 11) is -1.48. The van der Waals surface area contributed by atoms with Gasteiger partial charge < -0.3 is 14.4 Å². The Balaban J connectivity index is 1.67. The number of ether oxygens (including phenoxy) is 2. The first-order valence-corrected chi connectivity index (χ1v) is 17.1. The molecule has 1 atom stereocenters. The van der Waals surface area contributed by atoms with Crippen molar-refractivity contribution < 1.29 is 23.3 Å². The van der Waals surface area contributed by atoms with Crippen LogP contribution in [0.3, 0.4) is 0 Å². The van der Waals surface area contributed by atoms with Crippen LogP contribution in [0.4, 0.5) is 15.3 Å². The highest BCUT2D eigenvalue weighted by atomic mass is 79.9. The zero-order chi connectivity index (χ0) is 33.3. The Morgan fingerprint density at radius 3 is 2.27 bits per heavy atom. The van der Waals surface area contributed by atoms with Crippen LogP contribution in [-0.2, 0) is 26.8 Å². The third-order valence-electron chi connectivity index (χ3n) is 6.77. The van der Waals surface area contributed by atoms with Crippen molar-refractivity contribution in [1.82, 2.24) is 19.5 Å². The highest BCUT2D eigenvalue weighted by Crippen LogP contribution is 2.30. The van der Waals surface area contributed by atoms with Gasteiger partial charge in [-0.15, -0.1) is 0 Å². The Labute approximate surface area is 279 Å². The molecule has 0 saturated carbocycles. The van der Waals surface area contributed by atoms with Crippen LogP contribution in [0.1, 0.15) is 54.0 Å². The fourth-order valence-electron chi connectivity index (χ4n) is 4.71. The van der Waals surface area contributed by atoms with E-state index in [0.717, 1.165) is 15.2 Å². The molecule has 3 aromatic rings. The molecule has 2 aromatic carbocycles. The number of halogens is 2. The lowest BCUT2D eigenvalue weighted by molar-refractivity contribution is 0.0138. The number of nitrogens with zero attached hydrogens (tertiary/aromatic N) is 5. The average molecular weight is 725 g/mol. The van der Waals surface area contributed by atoms with E-state index >= 15 is 0 Å². The maximum atomic E-state index is 14.0. The van der Waals surface area contributed by atoms with Crippen LogP contribution in [0, 0.1) is 0 Å². The lowest BCUT2D eigenvalue weighted by atomic mass is 10.1.